The lowest BCUT2D eigenvalue weighted by Crippen LogP contribution is -2.65. The number of hydrogen-bond acceptors (Lipinski definition) is 13. The zero-order chi connectivity index (χ0) is 46.8. The van der Waals surface area contributed by atoms with Gasteiger partial charge in [0.2, 0.25) is 5.91 Å². The lowest BCUT2D eigenvalue weighted by molar-refractivity contribution is -0.359. The number of hydrogen-bond donors (Lipinski definition) is 9. The van der Waals surface area contributed by atoms with Crippen molar-refractivity contribution in [2.24, 2.45) is 0 Å². The molecule has 2 aliphatic rings. The van der Waals surface area contributed by atoms with Crippen molar-refractivity contribution >= 4 is 5.91 Å². The fourth-order valence-electron chi connectivity index (χ4n) is 7.63. The molecule has 64 heavy (non-hydrogen) atoms. The minimum Gasteiger partial charge on any atom is -0.394 e. The Morgan fingerprint density at radius 3 is 1.61 bits per heavy atom. The van der Waals surface area contributed by atoms with Gasteiger partial charge in [-0.2, -0.15) is 0 Å². The van der Waals surface area contributed by atoms with Gasteiger partial charge in [-0.15, -0.1) is 0 Å². The molecule has 1 amide bonds. The van der Waals surface area contributed by atoms with Crippen molar-refractivity contribution < 1.29 is 64.6 Å². The van der Waals surface area contributed by atoms with Crippen molar-refractivity contribution in [2.45, 2.75) is 229 Å². The van der Waals surface area contributed by atoms with Crippen LogP contribution in [0.25, 0.3) is 0 Å². The zero-order valence-corrected chi connectivity index (χ0v) is 39.0. The fourth-order valence-corrected chi connectivity index (χ4v) is 7.63. The molecular weight excluding hydrogens is 823 g/mol. The van der Waals surface area contributed by atoms with Gasteiger partial charge in [-0.25, -0.2) is 0 Å². The van der Waals surface area contributed by atoms with Gasteiger partial charge in [0.15, 0.2) is 12.6 Å². The van der Waals surface area contributed by atoms with E-state index in [9.17, 15) is 45.6 Å². The second-order valence-corrected chi connectivity index (χ2v) is 17.2. The Kier molecular flexibility index (Phi) is 33.2. The van der Waals surface area contributed by atoms with Crippen molar-refractivity contribution in [3.05, 3.63) is 60.8 Å². The summed E-state index contributed by atoms with van der Waals surface area (Å²) in [5.41, 5.74) is 0. The zero-order valence-electron chi connectivity index (χ0n) is 39.0. The largest absolute Gasteiger partial charge is 0.394 e. The molecule has 0 aliphatic carbocycles. The van der Waals surface area contributed by atoms with Crippen molar-refractivity contribution in [1.29, 1.82) is 0 Å². The molecule has 0 bridgehead atoms. The molecule has 14 nitrogen and oxygen atoms in total. The van der Waals surface area contributed by atoms with Gasteiger partial charge in [-0.1, -0.05) is 152 Å². The standard InChI is InChI=1S/C50H87NO13/c1-3-5-7-9-11-13-15-17-18-19-20-22-24-26-28-30-32-34-42(55)51-38(39(54)33-31-29-27-25-23-21-16-14-12-10-8-6-4-2)37-61-49-47(60)45(58)48(41(36-53)63-49)64-50-46(59)44(57)43(56)40(35-52)62-50/h11,13,17-18,20,22,26,28,31,33,38-41,43-50,52-54,56-60H,3-10,12,14-16,19,21,23-25,27,29-30,32,34-37H2,1-2H3,(H,51,55)/b13-11-,18-17-,22-20-,28-26-,33-31+/t38-,39+,40+,41+,43-,44-,45+,46+,47+,48+,49+,50-/m0/s1. The Morgan fingerprint density at radius 2 is 1.03 bits per heavy atom. The number of rotatable bonds is 36. The van der Waals surface area contributed by atoms with Gasteiger partial charge in [0.05, 0.1) is 32.0 Å². The average molecular weight is 910 g/mol. The van der Waals surface area contributed by atoms with Gasteiger partial charge in [0.1, 0.15) is 48.8 Å². The molecule has 2 heterocycles. The minimum atomic E-state index is -1.79. The summed E-state index contributed by atoms with van der Waals surface area (Å²) >= 11 is 0. The molecule has 0 aromatic rings. The Morgan fingerprint density at radius 1 is 0.562 bits per heavy atom. The summed E-state index contributed by atoms with van der Waals surface area (Å²) in [6.07, 6.45) is 26.9. The van der Waals surface area contributed by atoms with Gasteiger partial charge in [0, 0.05) is 6.42 Å². The second-order valence-electron chi connectivity index (χ2n) is 17.2. The van der Waals surface area contributed by atoms with E-state index in [0.29, 0.717) is 12.8 Å². The highest BCUT2D eigenvalue weighted by molar-refractivity contribution is 5.76. The molecule has 0 aromatic carbocycles. The highest BCUT2D eigenvalue weighted by Crippen LogP contribution is 2.30. The van der Waals surface area contributed by atoms with Crippen molar-refractivity contribution in [2.75, 3.05) is 19.8 Å². The quantitative estimate of drug-likeness (QED) is 0.0265. The second kappa shape index (κ2) is 36.8. The van der Waals surface area contributed by atoms with E-state index in [0.717, 1.165) is 51.4 Å². The van der Waals surface area contributed by atoms with Gasteiger partial charge < -0.3 is 65.1 Å². The van der Waals surface area contributed by atoms with E-state index in [2.05, 4.69) is 61.7 Å². The minimum absolute atomic E-state index is 0.203. The van der Waals surface area contributed by atoms with E-state index in [1.165, 1.54) is 70.6 Å². The maximum atomic E-state index is 13.1. The van der Waals surface area contributed by atoms with E-state index in [4.69, 9.17) is 18.9 Å². The summed E-state index contributed by atoms with van der Waals surface area (Å²) in [6.45, 7) is 2.69. The molecule has 2 rings (SSSR count). The first-order valence-electron chi connectivity index (χ1n) is 24.5. The molecule has 14 heteroatoms. The molecule has 9 N–H and O–H groups in total. The van der Waals surface area contributed by atoms with Gasteiger partial charge in [0.25, 0.3) is 0 Å². The van der Waals surface area contributed by atoms with E-state index in [1.807, 2.05) is 12.2 Å². The highest BCUT2D eigenvalue weighted by atomic mass is 16.7. The van der Waals surface area contributed by atoms with E-state index in [-0.39, 0.29) is 18.9 Å². The van der Waals surface area contributed by atoms with E-state index < -0.39 is 86.8 Å². The normalized spacial score (nSPS) is 27.8. The van der Waals surface area contributed by atoms with Gasteiger partial charge in [-0.3, -0.25) is 4.79 Å². The van der Waals surface area contributed by atoms with Crippen LogP contribution >= 0.6 is 0 Å². The Labute approximate surface area is 384 Å². The summed E-state index contributed by atoms with van der Waals surface area (Å²) in [7, 11) is 0. The molecule has 2 aliphatic heterocycles. The highest BCUT2D eigenvalue weighted by Gasteiger charge is 2.51. The van der Waals surface area contributed by atoms with Crippen LogP contribution in [0.5, 0.6) is 0 Å². The molecule has 2 fully saturated rings. The molecule has 0 aromatic heterocycles. The molecule has 0 spiro atoms. The molecule has 2 saturated heterocycles. The van der Waals surface area contributed by atoms with Crippen molar-refractivity contribution in [3.63, 3.8) is 0 Å². The Hall–Kier alpha value is -2.31. The lowest BCUT2D eigenvalue weighted by atomic mass is 9.97. The number of carbonyl (C=O) groups is 1. The third-order valence-electron chi connectivity index (χ3n) is 11.7. The SMILES string of the molecule is CCCCC/C=C\C/C=C\C/C=C\C/C=C\CCCC(=O)N[C@@H](CO[C@@H]1O[C@H](CO)[C@@H](O[C@@H]2O[C@H](CO)[C@H](O)[C@H](O)[C@H]2O)[C@H](O)[C@H]1O)[C@H](O)/C=C/CCCCCCCCCCCCC. The van der Waals surface area contributed by atoms with E-state index >= 15 is 0 Å². The molecule has 370 valence electrons. The molecule has 0 radical (unpaired) electrons. The lowest BCUT2D eigenvalue weighted by Gasteiger charge is -2.46. The molecule has 0 unspecified atom stereocenters. The first-order chi connectivity index (χ1) is 31.1. The molecule has 0 saturated carbocycles. The van der Waals surface area contributed by atoms with Crippen LogP contribution in [0.4, 0.5) is 0 Å². The number of allylic oxidation sites excluding steroid dienone is 9. The summed E-state index contributed by atoms with van der Waals surface area (Å²) < 4.78 is 22.6. The van der Waals surface area contributed by atoms with Crippen molar-refractivity contribution in [3.8, 4) is 0 Å². The van der Waals surface area contributed by atoms with Crippen LogP contribution in [0.3, 0.4) is 0 Å². The number of ether oxygens (including phenoxy) is 4. The van der Waals surface area contributed by atoms with Crippen LogP contribution in [0, 0.1) is 0 Å². The maximum Gasteiger partial charge on any atom is 0.220 e. The van der Waals surface area contributed by atoms with Gasteiger partial charge >= 0.3 is 0 Å². The van der Waals surface area contributed by atoms with Crippen LogP contribution in [0.1, 0.15) is 155 Å². The summed E-state index contributed by atoms with van der Waals surface area (Å²) in [6, 6.07) is -0.943. The Bertz CT molecular complexity index is 1310. The third-order valence-corrected chi connectivity index (χ3v) is 11.7. The molecule has 12 atom stereocenters. The first kappa shape index (κ1) is 57.8. The number of nitrogens with one attached hydrogen (secondary N) is 1. The summed E-state index contributed by atoms with van der Waals surface area (Å²) in [4.78, 5) is 13.1. The third kappa shape index (κ3) is 23.9. The van der Waals surface area contributed by atoms with Crippen LogP contribution < -0.4 is 5.32 Å². The Balaban J connectivity index is 1.90. The summed E-state index contributed by atoms with van der Waals surface area (Å²) in [5, 5.41) is 86.6. The number of amides is 1. The average Bonchev–Trinajstić information content (AvgIpc) is 3.29. The van der Waals surface area contributed by atoms with Crippen LogP contribution in [0.2, 0.25) is 0 Å². The predicted octanol–water partition coefficient (Wildman–Crippen LogP) is 5.88. The number of aliphatic hydroxyl groups is 8. The number of aliphatic hydroxyl groups excluding tert-OH is 8. The van der Waals surface area contributed by atoms with Crippen LogP contribution in [-0.2, 0) is 23.7 Å². The first-order valence-corrected chi connectivity index (χ1v) is 24.5. The smallest absolute Gasteiger partial charge is 0.220 e. The number of unbranched alkanes of at least 4 members (excludes halogenated alkanes) is 15. The van der Waals surface area contributed by atoms with Crippen LogP contribution in [-0.4, -0.2) is 140 Å². The topological polar surface area (TPSA) is 228 Å². The molecular formula is C50H87NO13. The fraction of sp³-hybridized carbons (Fsp3) is 0.780. The van der Waals surface area contributed by atoms with Crippen molar-refractivity contribution in [1.82, 2.24) is 5.32 Å². The van der Waals surface area contributed by atoms with Gasteiger partial charge in [-0.05, 0) is 57.8 Å². The van der Waals surface area contributed by atoms with Crippen LogP contribution in [0.15, 0.2) is 60.8 Å². The maximum absolute atomic E-state index is 13.1. The monoisotopic (exact) mass is 910 g/mol. The predicted molar refractivity (Wildman–Crippen MR) is 249 cm³/mol. The van der Waals surface area contributed by atoms with E-state index in [1.54, 1.807) is 6.08 Å². The summed E-state index contributed by atoms with van der Waals surface area (Å²) in [5.74, 6) is -0.298. The number of carbonyl (C=O) groups excluding carboxylic acids is 1.